The Morgan fingerprint density at radius 2 is 1.56 bits per heavy atom. The average Bonchev–Trinajstić information content (AvgIpc) is 2.59. The van der Waals surface area contributed by atoms with Crippen molar-refractivity contribution in [2.75, 3.05) is 0 Å². The first kappa shape index (κ1) is 20.8. The zero-order valence-electron chi connectivity index (χ0n) is 16.4. The largest absolute Gasteiger partial charge is 0.506 e. The SMILES string of the molecule is C=C(C)/C(C)=C(\C(=C)O)N(Cc1ccc(CC)cc1)C(=C)CCCC. The fourth-order valence-electron chi connectivity index (χ4n) is 2.70. The lowest BCUT2D eigenvalue weighted by Gasteiger charge is -2.31. The average molecular weight is 340 g/mol. The first-order chi connectivity index (χ1) is 11.8. The number of hydrogen-bond donors (Lipinski definition) is 1. The zero-order valence-corrected chi connectivity index (χ0v) is 16.4. The first-order valence-corrected chi connectivity index (χ1v) is 9.09. The molecule has 0 saturated carbocycles. The highest BCUT2D eigenvalue weighted by atomic mass is 16.3. The van der Waals surface area contributed by atoms with Gasteiger partial charge in [0.1, 0.15) is 5.76 Å². The number of rotatable bonds is 10. The Bertz CT molecular complexity index is 649. The molecule has 1 aromatic carbocycles. The molecule has 0 radical (unpaired) electrons. The summed E-state index contributed by atoms with van der Waals surface area (Å²) in [6, 6.07) is 8.61. The third-order valence-electron chi connectivity index (χ3n) is 4.51. The van der Waals surface area contributed by atoms with E-state index in [-0.39, 0.29) is 5.76 Å². The highest BCUT2D eigenvalue weighted by Gasteiger charge is 2.19. The molecular weight excluding hydrogens is 306 g/mol. The molecule has 0 unspecified atom stereocenters. The minimum atomic E-state index is 0.0586. The Morgan fingerprint density at radius 3 is 2.00 bits per heavy atom. The van der Waals surface area contributed by atoms with E-state index < -0.39 is 0 Å². The number of aliphatic hydroxyl groups excluding tert-OH is 1. The van der Waals surface area contributed by atoms with E-state index in [2.05, 4.69) is 62.7 Å². The lowest BCUT2D eigenvalue weighted by atomic mass is 10.0. The topological polar surface area (TPSA) is 23.5 Å². The molecule has 0 fully saturated rings. The van der Waals surface area contributed by atoms with Crippen molar-refractivity contribution in [1.29, 1.82) is 0 Å². The molecule has 2 heteroatoms. The van der Waals surface area contributed by atoms with E-state index >= 15 is 0 Å². The summed E-state index contributed by atoms with van der Waals surface area (Å²) in [6.07, 6.45) is 4.10. The standard InChI is InChI=1S/C23H33NO/c1-8-10-11-18(5)24(23(20(7)25)19(6)17(3)4)16-22-14-12-21(9-2)13-15-22/h12-15,25H,3,5,7-11,16H2,1-2,4,6H3/b23-19+. The van der Waals surface area contributed by atoms with Gasteiger partial charge in [-0.2, -0.15) is 0 Å². The van der Waals surface area contributed by atoms with E-state index in [1.807, 2.05) is 13.8 Å². The normalized spacial score (nSPS) is 11.7. The van der Waals surface area contributed by atoms with Crippen molar-refractivity contribution in [1.82, 2.24) is 4.90 Å². The minimum Gasteiger partial charge on any atom is -0.506 e. The van der Waals surface area contributed by atoms with Crippen molar-refractivity contribution >= 4 is 0 Å². The molecular formula is C23H33NO. The van der Waals surface area contributed by atoms with E-state index in [4.69, 9.17) is 0 Å². The molecule has 0 spiro atoms. The molecule has 0 atom stereocenters. The van der Waals surface area contributed by atoms with Crippen LogP contribution in [0.25, 0.3) is 0 Å². The minimum absolute atomic E-state index is 0.0586. The maximum absolute atomic E-state index is 10.3. The number of unbranched alkanes of at least 4 members (excludes halogenated alkanes) is 1. The summed E-state index contributed by atoms with van der Waals surface area (Å²) in [4.78, 5) is 2.09. The Balaban J connectivity index is 3.26. The van der Waals surface area contributed by atoms with Crippen LogP contribution in [0, 0.1) is 0 Å². The van der Waals surface area contributed by atoms with Crippen molar-refractivity contribution in [2.24, 2.45) is 0 Å². The summed E-state index contributed by atoms with van der Waals surface area (Å²) in [5, 5.41) is 10.3. The summed E-state index contributed by atoms with van der Waals surface area (Å²) < 4.78 is 0. The van der Waals surface area contributed by atoms with Crippen molar-refractivity contribution in [2.45, 2.75) is 59.9 Å². The number of aliphatic hydroxyl groups is 1. The maximum atomic E-state index is 10.3. The van der Waals surface area contributed by atoms with Crippen LogP contribution < -0.4 is 0 Å². The monoisotopic (exact) mass is 339 g/mol. The van der Waals surface area contributed by atoms with E-state index in [9.17, 15) is 5.11 Å². The van der Waals surface area contributed by atoms with Crippen LogP contribution in [0.1, 0.15) is 58.1 Å². The Hall–Kier alpha value is -2.22. The van der Waals surface area contributed by atoms with Gasteiger partial charge in [-0.25, -0.2) is 0 Å². The molecule has 1 N–H and O–H groups in total. The lowest BCUT2D eigenvalue weighted by Crippen LogP contribution is -2.24. The Labute approximate surface area is 153 Å². The van der Waals surface area contributed by atoms with Crippen LogP contribution in [0.4, 0.5) is 0 Å². The molecule has 136 valence electrons. The van der Waals surface area contributed by atoms with Gasteiger partial charge in [-0.3, -0.25) is 0 Å². The zero-order chi connectivity index (χ0) is 19.0. The number of nitrogens with zero attached hydrogens (tertiary/aromatic N) is 1. The molecule has 0 heterocycles. The smallest absolute Gasteiger partial charge is 0.132 e. The van der Waals surface area contributed by atoms with Crippen molar-refractivity contribution in [3.8, 4) is 0 Å². The Kier molecular flexibility index (Phi) is 8.27. The van der Waals surface area contributed by atoms with Gasteiger partial charge in [0.15, 0.2) is 0 Å². The molecule has 0 aliphatic carbocycles. The summed E-state index contributed by atoms with van der Waals surface area (Å²) in [6.45, 7) is 21.0. The third-order valence-corrected chi connectivity index (χ3v) is 4.51. The van der Waals surface area contributed by atoms with Gasteiger partial charge in [-0.05, 0) is 49.8 Å². The second-order valence-electron chi connectivity index (χ2n) is 6.63. The van der Waals surface area contributed by atoms with E-state index in [1.54, 1.807) is 0 Å². The van der Waals surface area contributed by atoms with Gasteiger partial charge in [-0.15, -0.1) is 0 Å². The van der Waals surface area contributed by atoms with Gasteiger partial charge >= 0.3 is 0 Å². The van der Waals surface area contributed by atoms with Crippen molar-refractivity contribution in [3.05, 3.63) is 83.4 Å². The van der Waals surface area contributed by atoms with Crippen molar-refractivity contribution in [3.63, 3.8) is 0 Å². The van der Waals surface area contributed by atoms with Gasteiger partial charge in [-0.1, -0.05) is 69.8 Å². The molecule has 1 aromatic rings. The molecule has 25 heavy (non-hydrogen) atoms. The first-order valence-electron chi connectivity index (χ1n) is 9.09. The number of hydrogen-bond acceptors (Lipinski definition) is 2. The summed E-state index contributed by atoms with van der Waals surface area (Å²) in [7, 11) is 0. The molecule has 0 bridgehead atoms. The predicted molar refractivity (Wildman–Crippen MR) is 109 cm³/mol. The molecule has 0 amide bonds. The van der Waals surface area contributed by atoms with Gasteiger partial charge in [0.05, 0.1) is 5.70 Å². The van der Waals surface area contributed by atoms with Crippen LogP contribution in [0.5, 0.6) is 0 Å². The molecule has 0 saturated heterocycles. The highest BCUT2D eigenvalue weighted by Crippen LogP contribution is 2.28. The van der Waals surface area contributed by atoms with Crippen LogP contribution in [0.3, 0.4) is 0 Å². The van der Waals surface area contributed by atoms with Gasteiger partial charge in [0, 0.05) is 12.2 Å². The number of allylic oxidation sites excluding steroid dienone is 3. The van der Waals surface area contributed by atoms with Crippen LogP contribution in [0.15, 0.2) is 72.3 Å². The molecule has 1 rings (SSSR count). The fourth-order valence-corrected chi connectivity index (χ4v) is 2.70. The van der Waals surface area contributed by atoms with E-state index in [1.165, 1.54) is 11.1 Å². The summed E-state index contributed by atoms with van der Waals surface area (Å²) in [5.41, 5.74) is 6.07. The second kappa shape index (κ2) is 9.93. The summed E-state index contributed by atoms with van der Waals surface area (Å²) >= 11 is 0. The van der Waals surface area contributed by atoms with E-state index in [0.29, 0.717) is 12.2 Å². The lowest BCUT2D eigenvalue weighted by molar-refractivity contribution is 0.337. The highest BCUT2D eigenvalue weighted by molar-refractivity contribution is 5.39. The van der Waals surface area contributed by atoms with Gasteiger partial charge in [0.25, 0.3) is 0 Å². The molecule has 0 aromatic heterocycles. The van der Waals surface area contributed by atoms with Crippen LogP contribution >= 0.6 is 0 Å². The predicted octanol–water partition coefficient (Wildman–Crippen LogP) is 6.68. The fraction of sp³-hybridized carbons (Fsp3) is 0.391. The maximum Gasteiger partial charge on any atom is 0.132 e. The quantitative estimate of drug-likeness (QED) is 0.380. The second-order valence-corrected chi connectivity index (χ2v) is 6.63. The van der Waals surface area contributed by atoms with Gasteiger partial charge in [0.2, 0.25) is 0 Å². The molecule has 0 aliphatic rings. The van der Waals surface area contributed by atoms with Gasteiger partial charge < -0.3 is 10.0 Å². The Morgan fingerprint density at radius 1 is 1.00 bits per heavy atom. The summed E-state index contributed by atoms with van der Waals surface area (Å²) in [5.74, 6) is 0.0586. The molecule has 2 nitrogen and oxygen atoms in total. The number of benzene rings is 1. The van der Waals surface area contributed by atoms with Crippen molar-refractivity contribution < 1.29 is 5.11 Å². The van der Waals surface area contributed by atoms with E-state index in [0.717, 1.165) is 42.5 Å². The third kappa shape index (κ3) is 5.97. The van der Waals surface area contributed by atoms with Crippen LogP contribution in [-0.2, 0) is 13.0 Å². The number of aryl methyl sites for hydroxylation is 1. The van der Waals surface area contributed by atoms with Crippen LogP contribution in [0.2, 0.25) is 0 Å². The van der Waals surface area contributed by atoms with Crippen LogP contribution in [-0.4, -0.2) is 10.0 Å². The molecule has 0 aliphatic heterocycles.